The van der Waals surface area contributed by atoms with Crippen LogP contribution < -0.4 is 15.4 Å². The number of benzene rings is 1. The highest BCUT2D eigenvalue weighted by atomic mass is 16.5. The average Bonchev–Trinajstić information content (AvgIpc) is 2.53. The van der Waals surface area contributed by atoms with Crippen LogP contribution in [0, 0.1) is 0 Å². The first-order valence-corrected chi connectivity index (χ1v) is 8.05. The van der Waals surface area contributed by atoms with Gasteiger partial charge in [0, 0.05) is 30.4 Å². The number of carbonyl (C=O) groups is 1. The monoisotopic (exact) mass is 305 g/mol. The second-order valence-corrected chi connectivity index (χ2v) is 6.00. The molecule has 1 fully saturated rings. The van der Waals surface area contributed by atoms with E-state index >= 15 is 0 Å². The summed E-state index contributed by atoms with van der Waals surface area (Å²) in [4.78, 5) is 14.5. The highest BCUT2D eigenvalue weighted by molar-refractivity contribution is 5.89. The van der Waals surface area contributed by atoms with Gasteiger partial charge in [0.05, 0.1) is 7.11 Å². The van der Waals surface area contributed by atoms with Crippen LogP contribution in [0.15, 0.2) is 24.3 Å². The van der Waals surface area contributed by atoms with Gasteiger partial charge >= 0.3 is 6.03 Å². The van der Waals surface area contributed by atoms with Gasteiger partial charge in [0.1, 0.15) is 5.75 Å². The summed E-state index contributed by atoms with van der Waals surface area (Å²) in [6.07, 6.45) is 3.82. The maximum absolute atomic E-state index is 12.0. The number of urea groups is 1. The minimum atomic E-state index is -0.176. The van der Waals surface area contributed by atoms with Crippen molar-refractivity contribution in [1.29, 1.82) is 0 Å². The van der Waals surface area contributed by atoms with Crippen LogP contribution in [-0.2, 0) is 0 Å². The number of nitrogens with one attached hydrogen (secondary N) is 2. The Morgan fingerprint density at radius 3 is 3.00 bits per heavy atom. The topological polar surface area (TPSA) is 53.6 Å². The fourth-order valence-electron chi connectivity index (χ4n) is 3.01. The number of methoxy groups -OCH3 is 1. The summed E-state index contributed by atoms with van der Waals surface area (Å²) in [7, 11) is 1.61. The lowest BCUT2D eigenvalue weighted by Gasteiger charge is -2.38. The van der Waals surface area contributed by atoms with Gasteiger partial charge < -0.3 is 15.4 Å². The molecule has 0 aromatic heterocycles. The van der Waals surface area contributed by atoms with Crippen LogP contribution in [0.3, 0.4) is 0 Å². The number of ether oxygens (including phenoxy) is 1. The first kappa shape index (κ1) is 16.6. The van der Waals surface area contributed by atoms with E-state index in [9.17, 15) is 4.79 Å². The van der Waals surface area contributed by atoms with Crippen molar-refractivity contribution in [2.24, 2.45) is 0 Å². The van der Waals surface area contributed by atoms with Gasteiger partial charge in [-0.1, -0.05) is 12.5 Å². The molecule has 0 aliphatic carbocycles. The van der Waals surface area contributed by atoms with Crippen molar-refractivity contribution in [3.8, 4) is 5.75 Å². The third-order valence-electron chi connectivity index (χ3n) is 4.31. The van der Waals surface area contributed by atoms with Crippen LogP contribution in [0.4, 0.5) is 10.5 Å². The summed E-state index contributed by atoms with van der Waals surface area (Å²) < 4.78 is 5.15. The van der Waals surface area contributed by atoms with E-state index in [0.29, 0.717) is 18.6 Å². The van der Waals surface area contributed by atoms with E-state index in [-0.39, 0.29) is 6.03 Å². The molecule has 1 aliphatic rings. The Bertz CT molecular complexity index is 493. The van der Waals surface area contributed by atoms with E-state index in [2.05, 4.69) is 29.4 Å². The average molecular weight is 305 g/mol. The van der Waals surface area contributed by atoms with Gasteiger partial charge in [0.2, 0.25) is 0 Å². The summed E-state index contributed by atoms with van der Waals surface area (Å²) in [5.41, 5.74) is 0.732. The smallest absolute Gasteiger partial charge is 0.319 e. The number of hydrogen-bond donors (Lipinski definition) is 2. The van der Waals surface area contributed by atoms with Gasteiger partial charge in [-0.05, 0) is 45.4 Å². The number of likely N-dealkylation sites (tertiary alicyclic amines) is 1. The Balaban J connectivity index is 1.79. The Hall–Kier alpha value is -1.75. The molecule has 22 heavy (non-hydrogen) atoms. The molecule has 2 atom stereocenters. The highest BCUT2D eigenvalue weighted by Crippen LogP contribution is 2.19. The Labute approximate surface area is 133 Å². The van der Waals surface area contributed by atoms with E-state index < -0.39 is 0 Å². The van der Waals surface area contributed by atoms with Crippen molar-refractivity contribution in [1.82, 2.24) is 10.2 Å². The Morgan fingerprint density at radius 2 is 2.27 bits per heavy atom. The maximum Gasteiger partial charge on any atom is 0.319 e. The maximum atomic E-state index is 12.0. The summed E-state index contributed by atoms with van der Waals surface area (Å²) in [6, 6.07) is 8.13. The van der Waals surface area contributed by atoms with Gasteiger partial charge in [-0.2, -0.15) is 0 Å². The zero-order chi connectivity index (χ0) is 15.9. The molecule has 2 amide bonds. The number of anilines is 1. The zero-order valence-corrected chi connectivity index (χ0v) is 13.8. The second kappa shape index (κ2) is 8.03. The van der Waals surface area contributed by atoms with Crippen LogP contribution in [0.2, 0.25) is 0 Å². The van der Waals surface area contributed by atoms with Crippen LogP contribution in [0.5, 0.6) is 5.75 Å². The van der Waals surface area contributed by atoms with Crippen molar-refractivity contribution < 1.29 is 9.53 Å². The fraction of sp³-hybridized carbons (Fsp3) is 0.588. The molecule has 0 radical (unpaired) electrons. The molecule has 1 aliphatic heterocycles. The predicted octanol–water partition coefficient (Wildman–Crippen LogP) is 3.08. The van der Waals surface area contributed by atoms with Crippen molar-refractivity contribution in [2.75, 3.05) is 25.5 Å². The summed E-state index contributed by atoms with van der Waals surface area (Å²) in [5.74, 6) is 0.730. The van der Waals surface area contributed by atoms with E-state index in [1.165, 1.54) is 19.3 Å². The van der Waals surface area contributed by atoms with Crippen LogP contribution in [-0.4, -0.2) is 43.2 Å². The number of rotatable bonds is 5. The first-order valence-electron chi connectivity index (χ1n) is 8.05. The molecule has 0 bridgehead atoms. The number of hydrogen-bond acceptors (Lipinski definition) is 3. The standard InChI is InChI=1S/C17H27N3O2/c1-13-7-4-5-10-20(13)14(2)12-18-17(21)19-15-8-6-9-16(11-15)22-3/h6,8-9,11,13-14H,4-5,7,10,12H2,1-3H3,(H2,18,19,21). The quantitative estimate of drug-likeness (QED) is 0.879. The molecule has 1 heterocycles. The van der Waals surface area contributed by atoms with E-state index in [0.717, 1.165) is 18.0 Å². The molecular formula is C17H27N3O2. The Morgan fingerprint density at radius 1 is 1.45 bits per heavy atom. The first-order chi connectivity index (χ1) is 10.6. The predicted molar refractivity (Wildman–Crippen MR) is 89.5 cm³/mol. The van der Waals surface area contributed by atoms with Crippen LogP contribution in [0.25, 0.3) is 0 Å². The largest absolute Gasteiger partial charge is 0.497 e. The molecule has 1 saturated heterocycles. The van der Waals surface area contributed by atoms with Gasteiger partial charge in [0.15, 0.2) is 0 Å². The minimum absolute atomic E-state index is 0.176. The summed E-state index contributed by atoms with van der Waals surface area (Å²) in [5, 5.41) is 5.79. The molecule has 2 rings (SSSR count). The molecule has 1 aromatic rings. The third-order valence-corrected chi connectivity index (χ3v) is 4.31. The van der Waals surface area contributed by atoms with Crippen molar-refractivity contribution >= 4 is 11.7 Å². The number of amides is 2. The normalized spacial score (nSPS) is 20.2. The van der Waals surface area contributed by atoms with Crippen molar-refractivity contribution in [3.05, 3.63) is 24.3 Å². The molecule has 0 saturated carbocycles. The van der Waals surface area contributed by atoms with E-state index in [1.54, 1.807) is 13.2 Å². The van der Waals surface area contributed by atoms with Gasteiger partial charge in [-0.25, -0.2) is 4.79 Å². The van der Waals surface area contributed by atoms with Crippen molar-refractivity contribution in [2.45, 2.75) is 45.2 Å². The zero-order valence-electron chi connectivity index (χ0n) is 13.8. The molecule has 2 N–H and O–H groups in total. The van der Waals surface area contributed by atoms with Crippen molar-refractivity contribution in [3.63, 3.8) is 0 Å². The number of nitrogens with zero attached hydrogens (tertiary/aromatic N) is 1. The molecule has 122 valence electrons. The number of carbonyl (C=O) groups excluding carboxylic acids is 1. The highest BCUT2D eigenvalue weighted by Gasteiger charge is 2.23. The lowest BCUT2D eigenvalue weighted by atomic mass is 10.0. The SMILES string of the molecule is COc1cccc(NC(=O)NCC(C)N2CCCCC2C)c1. The summed E-state index contributed by atoms with van der Waals surface area (Å²) >= 11 is 0. The van der Waals surface area contributed by atoms with Gasteiger partial charge in [-0.15, -0.1) is 0 Å². The second-order valence-electron chi connectivity index (χ2n) is 6.00. The van der Waals surface area contributed by atoms with Gasteiger partial charge in [-0.3, -0.25) is 4.90 Å². The fourth-order valence-corrected chi connectivity index (χ4v) is 3.01. The molecule has 0 spiro atoms. The number of piperidine rings is 1. The molecular weight excluding hydrogens is 278 g/mol. The Kier molecular flexibility index (Phi) is 6.07. The third kappa shape index (κ3) is 4.63. The van der Waals surface area contributed by atoms with Crippen LogP contribution >= 0.6 is 0 Å². The van der Waals surface area contributed by atoms with Gasteiger partial charge in [0.25, 0.3) is 0 Å². The van der Waals surface area contributed by atoms with E-state index in [1.807, 2.05) is 18.2 Å². The van der Waals surface area contributed by atoms with Crippen LogP contribution in [0.1, 0.15) is 33.1 Å². The van der Waals surface area contributed by atoms with E-state index in [4.69, 9.17) is 4.74 Å². The molecule has 1 aromatic carbocycles. The lowest BCUT2D eigenvalue weighted by Crippen LogP contribution is -2.49. The lowest BCUT2D eigenvalue weighted by molar-refractivity contribution is 0.114. The summed E-state index contributed by atoms with van der Waals surface area (Å²) in [6.45, 7) is 6.22. The molecule has 5 nitrogen and oxygen atoms in total. The molecule has 5 heteroatoms. The molecule has 2 unspecified atom stereocenters. The minimum Gasteiger partial charge on any atom is -0.497 e.